The van der Waals surface area contributed by atoms with Gasteiger partial charge >= 0.3 is 0 Å². The molecule has 3 aromatic rings. The van der Waals surface area contributed by atoms with E-state index in [4.69, 9.17) is 4.74 Å². The Morgan fingerprint density at radius 3 is 2.96 bits per heavy atom. The van der Waals surface area contributed by atoms with E-state index in [-0.39, 0.29) is 5.91 Å². The Morgan fingerprint density at radius 1 is 1.08 bits per heavy atom. The zero-order valence-corrected chi connectivity index (χ0v) is 14.0. The minimum absolute atomic E-state index is 0.267. The summed E-state index contributed by atoms with van der Waals surface area (Å²) in [6.45, 7) is 1.12. The molecule has 0 fully saturated rings. The van der Waals surface area contributed by atoms with Gasteiger partial charge in [0.25, 0.3) is 5.91 Å². The van der Waals surface area contributed by atoms with Gasteiger partial charge < -0.3 is 14.6 Å². The monoisotopic (exact) mass is 347 g/mol. The lowest BCUT2D eigenvalue weighted by Gasteiger charge is -2.11. The summed E-state index contributed by atoms with van der Waals surface area (Å²) in [7, 11) is 0. The van der Waals surface area contributed by atoms with Crippen LogP contribution in [0.1, 0.15) is 16.8 Å². The fourth-order valence-electron chi connectivity index (χ4n) is 2.72. The average molecular weight is 347 g/mol. The maximum Gasteiger partial charge on any atom is 0.260 e. The van der Waals surface area contributed by atoms with Crippen LogP contribution in [-0.2, 0) is 6.54 Å². The molecule has 3 heterocycles. The molecule has 0 radical (unpaired) electrons. The van der Waals surface area contributed by atoms with Crippen LogP contribution in [0.15, 0.2) is 60.9 Å². The van der Waals surface area contributed by atoms with Crippen molar-refractivity contribution in [3.63, 3.8) is 0 Å². The van der Waals surface area contributed by atoms with Crippen LogP contribution >= 0.6 is 0 Å². The Balaban J connectivity index is 1.74. The summed E-state index contributed by atoms with van der Waals surface area (Å²) in [5, 5.41) is 11.0. The summed E-state index contributed by atoms with van der Waals surface area (Å²) in [6.07, 6.45) is 6.47. The summed E-state index contributed by atoms with van der Waals surface area (Å²) >= 11 is 0. The number of nitrogens with one attached hydrogen (secondary N) is 1. The molecule has 2 aromatic heterocycles. The maximum absolute atomic E-state index is 12.7. The zero-order valence-electron chi connectivity index (χ0n) is 14.0. The third kappa shape index (κ3) is 3.32. The van der Waals surface area contributed by atoms with Gasteiger partial charge in [0, 0.05) is 6.54 Å². The van der Waals surface area contributed by atoms with Gasteiger partial charge in [0.2, 0.25) is 0 Å². The van der Waals surface area contributed by atoms with Crippen molar-refractivity contribution in [2.24, 2.45) is 0 Å². The average Bonchev–Trinajstić information content (AvgIpc) is 3.13. The first-order chi connectivity index (χ1) is 12.8. The van der Waals surface area contributed by atoms with Crippen LogP contribution in [0.5, 0.6) is 5.75 Å². The van der Waals surface area contributed by atoms with Crippen LogP contribution in [0.2, 0.25) is 0 Å². The number of benzene rings is 1. The van der Waals surface area contributed by atoms with E-state index in [9.17, 15) is 4.79 Å². The fraction of sp³-hybridized carbons (Fsp3) is 0.158. The number of amides is 1. The van der Waals surface area contributed by atoms with E-state index in [1.807, 2.05) is 41.0 Å². The van der Waals surface area contributed by atoms with E-state index < -0.39 is 0 Å². The quantitative estimate of drug-likeness (QED) is 0.632. The molecule has 0 saturated heterocycles. The largest absolute Gasteiger partial charge is 0.492 e. The van der Waals surface area contributed by atoms with E-state index in [0.29, 0.717) is 41.8 Å². The number of hydrogen-bond donors (Lipinski definition) is 1. The van der Waals surface area contributed by atoms with Gasteiger partial charge in [-0.3, -0.25) is 4.79 Å². The number of anilines is 1. The van der Waals surface area contributed by atoms with E-state index in [1.165, 1.54) is 0 Å². The summed E-state index contributed by atoms with van der Waals surface area (Å²) in [6, 6.07) is 12.6. The molecule has 0 atom stereocenters. The molecule has 7 heteroatoms. The van der Waals surface area contributed by atoms with Gasteiger partial charge in [0.05, 0.1) is 12.2 Å². The second-order valence-electron chi connectivity index (χ2n) is 5.77. The normalized spacial score (nSPS) is 15.5. The minimum Gasteiger partial charge on any atom is -0.492 e. The number of aromatic nitrogens is 4. The molecule has 130 valence electrons. The Labute approximate surface area is 150 Å². The number of hydrogen-bond acceptors (Lipinski definition) is 5. The molecule has 1 aliphatic heterocycles. The van der Waals surface area contributed by atoms with Crippen LogP contribution in [0.4, 0.5) is 5.82 Å². The van der Waals surface area contributed by atoms with Crippen LogP contribution < -0.4 is 10.1 Å². The summed E-state index contributed by atoms with van der Waals surface area (Å²) in [4.78, 5) is 17.2. The first-order valence-corrected chi connectivity index (χ1v) is 8.35. The number of carbonyl (C=O) groups excluding carboxylic acids is 1. The maximum atomic E-state index is 12.7. The van der Waals surface area contributed by atoms with Crippen molar-refractivity contribution in [1.29, 1.82) is 0 Å². The molecule has 7 nitrogen and oxygen atoms in total. The van der Waals surface area contributed by atoms with Crippen molar-refractivity contribution in [3.05, 3.63) is 66.5 Å². The standard InChI is InChI=1S/C19H17N5O2/c25-19-14-7-2-3-9-16(14)26-12-5-1-4-11-24-13-20-23-18(24)15-8-6-10-17(21-15)22-19/h1-4,6-10,13H,5,11-12H2,(H,21,22,25)/b4-1-. The summed E-state index contributed by atoms with van der Waals surface area (Å²) in [5.41, 5.74) is 1.12. The van der Waals surface area contributed by atoms with Crippen molar-refractivity contribution in [1.82, 2.24) is 19.7 Å². The molecule has 2 bridgehead atoms. The number of ether oxygens (including phenoxy) is 1. The zero-order chi connectivity index (χ0) is 17.8. The molecule has 1 amide bonds. The summed E-state index contributed by atoms with van der Waals surface area (Å²) < 4.78 is 7.68. The lowest BCUT2D eigenvalue weighted by atomic mass is 10.2. The van der Waals surface area contributed by atoms with Crippen LogP contribution in [0.3, 0.4) is 0 Å². The molecule has 0 spiro atoms. The second kappa shape index (κ2) is 7.18. The number of allylic oxidation sites excluding steroid dienone is 1. The highest BCUT2D eigenvalue weighted by Gasteiger charge is 2.14. The molecule has 1 aromatic carbocycles. The molecule has 1 aliphatic rings. The van der Waals surface area contributed by atoms with E-state index in [0.717, 1.165) is 6.42 Å². The fourth-order valence-corrected chi connectivity index (χ4v) is 2.72. The van der Waals surface area contributed by atoms with Gasteiger partial charge in [-0.25, -0.2) is 4.98 Å². The second-order valence-corrected chi connectivity index (χ2v) is 5.77. The van der Waals surface area contributed by atoms with Gasteiger partial charge in [-0.15, -0.1) is 10.2 Å². The third-order valence-corrected chi connectivity index (χ3v) is 3.98. The van der Waals surface area contributed by atoms with E-state index in [2.05, 4.69) is 20.5 Å². The van der Waals surface area contributed by atoms with Gasteiger partial charge in [-0.1, -0.05) is 30.4 Å². The van der Waals surface area contributed by atoms with Gasteiger partial charge in [0.1, 0.15) is 23.6 Å². The predicted molar refractivity (Wildman–Crippen MR) is 96.9 cm³/mol. The van der Waals surface area contributed by atoms with Crippen molar-refractivity contribution < 1.29 is 9.53 Å². The van der Waals surface area contributed by atoms with Crippen molar-refractivity contribution in [2.75, 3.05) is 11.9 Å². The lowest BCUT2D eigenvalue weighted by molar-refractivity contribution is 0.102. The number of pyridine rings is 1. The van der Waals surface area contributed by atoms with Crippen molar-refractivity contribution >= 4 is 11.7 Å². The van der Waals surface area contributed by atoms with Gasteiger partial charge in [-0.2, -0.15) is 0 Å². The predicted octanol–water partition coefficient (Wildman–Crippen LogP) is 2.93. The molecular formula is C19H17N5O2. The highest BCUT2D eigenvalue weighted by atomic mass is 16.5. The summed E-state index contributed by atoms with van der Waals surface area (Å²) in [5.74, 6) is 1.39. The number of nitrogens with zero attached hydrogens (tertiary/aromatic N) is 4. The highest BCUT2D eigenvalue weighted by Crippen LogP contribution is 2.21. The molecule has 26 heavy (non-hydrogen) atoms. The Morgan fingerprint density at radius 2 is 2.00 bits per heavy atom. The van der Waals surface area contributed by atoms with Crippen molar-refractivity contribution in [2.45, 2.75) is 13.0 Å². The topological polar surface area (TPSA) is 81.9 Å². The third-order valence-electron chi connectivity index (χ3n) is 3.98. The molecule has 1 N–H and O–H groups in total. The molecule has 4 rings (SSSR count). The highest BCUT2D eigenvalue weighted by molar-refractivity contribution is 6.05. The van der Waals surface area contributed by atoms with E-state index in [1.54, 1.807) is 24.5 Å². The molecule has 0 aliphatic carbocycles. The van der Waals surface area contributed by atoms with Gasteiger partial charge in [-0.05, 0) is 30.7 Å². The number of carbonyl (C=O) groups is 1. The number of para-hydroxylation sites is 1. The molecule has 0 saturated carbocycles. The number of rotatable bonds is 0. The first kappa shape index (κ1) is 16.0. The van der Waals surface area contributed by atoms with Crippen LogP contribution in [-0.4, -0.2) is 32.3 Å². The lowest BCUT2D eigenvalue weighted by Crippen LogP contribution is -2.15. The first-order valence-electron chi connectivity index (χ1n) is 8.35. The minimum atomic E-state index is -0.267. The Hall–Kier alpha value is -3.48. The van der Waals surface area contributed by atoms with Crippen LogP contribution in [0, 0.1) is 0 Å². The number of fused-ring (bicyclic) bond motifs is 5. The van der Waals surface area contributed by atoms with Crippen molar-refractivity contribution in [3.8, 4) is 17.3 Å². The SMILES string of the molecule is O=C1Nc2cccc(n2)-c2nncn2C/C=C\CCOc2ccccc21. The van der Waals surface area contributed by atoms with Gasteiger partial charge in [0.15, 0.2) is 5.82 Å². The smallest absolute Gasteiger partial charge is 0.260 e. The Bertz CT molecular complexity index is 964. The molecule has 0 unspecified atom stereocenters. The molecular weight excluding hydrogens is 330 g/mol. The Kier molecular flexibility index (Phi) is 4.42. The van der Waals surface area contributed by atoms with E-state index >= 15 is 0 Å². The van der Waals surface area contributed by atoms with Crippen LogP contribution in [0.25, 0.3) is 11.5 Å².